The van der Waals surface area contributed by atoms with Crippen molar-refractivity contribution in [1.29, 1.82) is 0 Å². The molecule has 158 valence electrons. The third-order valence-electron chi connectivity index (χ3n) is 7.20. The van der Waals surface area contributed by atoms with Crippen molar-refractivity contribution < 1.29 is 14.0 Å². The van der Waals surface area contributed by atoms with E-state index in [-0.39, 0.29) is 17.6 Å². The largest absolute Gasteiger partial charge is 0.339 e. The zero-order valence-electron chi connectivity index (χ0n) is 17.5. The van der Waals surface area contributed by atoms with Crippen LogP contribution in [0.5, 0.6) is 0 Å². The Kier molecular flexibility index (Phi) is 6.21. The Bertz CT molecular complexity index is 715. The van der Waals surface area contributed by atoms with Gasteiger partial charge >= 0.3 is 0 Å². The van der Waals surface area contributed by atoms with Crippen LogP contribution in [-0.2, 0) is 4.79 Å². The molecule has 0 unspecified atom stereocenters. The van der Waals surface area contributed by atoms with Gasteiger partial charge in [-0.2, -0.15) is 0 Å². The molecule has 2 amide bonds. The van der Waals surface area contributed by atoms with Gasteiger partial charge in [-0.3, -0.25) is 9.59 Å². The molecule has 3 fully saturated rings. The summed E-state index contributed by atoms with van der Waals surface area (Å²) in [6.45, 7) is 3.48. The number of likely N-dealkylation sites (tertiary alicyclic amines) is 1. The number of hydrogen-bond donors (Lipinski definition) is 0. The lowest BCUT2D eigenvalue weighted by molar-refractivity contribution is -0.141. The molecule has 0 aromatic heterocycles. The second-order valence-electron chi connectivity index (χ2n) is 9.13. The van der Waals surface area contributed by atoms with Crippen LogP contribution in [0.25, 0.3) is 0 Å². The van der Waals surface area contributed by atoms with E-state index in [2.05, 4.69) is 11.8 Å². The molecular weight excluding hydrogens is 367 g/mol. The summed E-state index contributed by atoms with van der Waals surface area (Å²) >= 11 is 0. The molecule has 2 saturated carbocycles. The average molecular weight is 401 g/mol. The van der Waals surface area contributed by atoms with Gasteiger partial charge in [-0.1, -0.05) is 13.3 Å². The molecule has 0 radical (unpaired) electrons. The van der Waals surface area contributed by atoms with Gasteiger partial charge in [0.15, 0.2) is 0 Å². The fourth-order valence-electron chi connectivity index (χ4n) is 5.16. The Hall–Kier alpha value is -1.91. The van der Waals surface area contributed by atoms with E-state index in [9.17, 15) is 14.0 Å². The molecule has 29 heavy (non-hydrogen) atoms. The fraction of sp³-hybridized carbons (Fsp3) is 0.667. The van der Waals surface area contributed by atoms with E-state index in [1.807, 2.05) is 4.90 Å². The second kappa shape index (κ2) is 8.85. The quantitative estimate of drug-likeness (QED) is 0.723. The SMILES string of the molecule is CCC1CCC(N(C(=O)C2CCN(C(=O)c3ccc(F)cc3)CC2)C2CC2)CC1. The summed E-state index contributed by atoms with van der Waals surface area (Å²) in [5.74, 6) is 0.813. The van der Waals surface area contributed by atoms with Crippen molar-refractivity contribution in [3.63, 3.8) is 0 Å². The number of hydrogen-bond acceptors (Lipinski definition) is 2. The van der Waals surface area contributed by atoms with Crippen molar-refractivity contribution in [3.05, 3.63) is 35.6 Å². The Morgan fingerprint density at radius 2 is 1.48 bits per heavy atom. The molecule has 1 heterocycles. The number of amides is 2. The fourth-order valence-corrected chi connectivity index (χ4v) is 5.16. The Labute approximate surface area is 173 Å². The molecule has 2 aliphatic carbocycles. The number of piperidine rings is 1. The highest BCUT2D eigenvalue weighted by Gasteiger charge is 2.41. The van der Waals surface area contributed by atoms with Crippen LogP contribution in [0.3, 0.4) is 0 Å². The first kappa shape index (κ1) is 20.4. The van der Waals surface area contributed by atoms with Crippen LogP contribution in [0, 0.1) is 17.7 Å². The highest BCUT2D eigenvalue weighted by Crippen LogP contribution is 2.38. The van der Waals surface area contributed by atoms with Crippen molar-refractivity contribution in [2.75, 3.05) is 13.1 Å². The number of rotatable bonds is 5. The molecule has 0 N–H and O–H groups in total. The molecule has 0 atom stereocenters. The summed E-state index contributed by atoms with van der Waals surface area (Å²) in [6, 6.07) is 6.61. The van der Waals surface area contributed by atoms with E-state index < -0.39 is 0 Å². The number of carbonyl (C=O) groups excluding carboxylic acids is 2. The number of halogens is 1. The van der Waals surface area contributed by atoms with Gasteiger partial charge in [0.05, 0.1) is 0 Å². The summed E-state index contributed by atoms with van der Waals surface area (Å²) in [6.07, 6.45) is 9.85. The summed E-state index contributed by atoms with van der Waals surface area (Å²) in [7, 11) is 0. The molecule has 1 aliphatic heterocycles. The van der Waals surface area contributed by atoms with Crippen LogP contribution in [0.4, 0.5) is 4.39 Å². The van der Waals surface area contributed by atoms with Crippen molar-refractivity contribution in [2.45, 2.75) is 76.8 Å². The van der Waals surface area contributed by atoms with Gasteiger partial charge in [0, 0.05) is 36.7 Å². The van der Waals surface area contributed by atoms with Crippen LogP contribution >= 0.6 is 0 Å². The molecule has 4 rings (SSSR count). The maximum atomic E-state index is 13.4. The number of nitrogens with zero attached hydrogens (tertiary/aromatic N) is 2. The van der Waals surface area contributed by atoms with Crippen LogP contribution in [0.1, 0.15) is 75.1 Å². The third-order valence-corrected chi connectivity index (χ3v) is 7.20. The van der Waals surface area contributed by atoms with Gasteiger partial charge in [0.1, 0.15) is 5.82 Å². The lowest BCUT2D eigenvalue weighted by Crippen LogP contribution is -2.49. The van der Waals surface area contributed by atoms with Crippen LogP contribution in [0.15, 0.2) is 24.3 Å². The molecule has 0 bridgehead atoms. The summed E-state index contributed by atoms with van der Waals surface area (Å²) in [4.78, 5) is 30.1. The molecule has 1 aromatic carbocycles. The molecule has 4 nitrogen and oxygen atoms in total. The van der Waals surface area contributed by atoms with E-state index >= 15 is 0 Å². The predicted octanol–water partition coefficient (Wildman–Crippen LogP) is 4.64. The highest BCUT2D eigenvalue weighted by atomic mass is 19.1. The van der Waals surface area contributed by atoms with Gasteiger partial charge in [0.25, 0.3) is 5.91 Å². The monoisotopic (exact) mass is 400 g/mol. The van der Waals surface area contributed by atoms with Gasteiger partial charge < -0.3 is 9.80 Å². The predicted molar refractivity (Wildman–Crippen MR) is 111 cm³/mol. The van der Waals surface area contributed by atoms with Crippen molar-refractivity contribution >= 4 is 11.8 Å². The Morgan fingerprint density at radius 1 is 0.931 bits per heavy atom. The highest BCUT2D eigenvalue weighted by molar-refractivity contribution is 5.94. The van der Waals surface area contributed by atoms with E-state index in [0.29, 0.717) is 36.6 Å². The number of carbonyl (C=O) groups is 2. The smallest absolute Gasteiger partial charge is 0.253 e. The zero-order chi connectivity index (χ0) is 20.4. The standard InChI is InChI=1S/C24H33FN2O2/c1-2-17-3-9-21(10-4-17)27(22-11-12-22)24(29)19-13-15-26(16-14-19)23(28)18-5-7-20(25)8-6-18/h5-8,17,19,21-22H,2-4,9-16H2,1H3. The maximum absolute atomic E-state index is 13.4. The minimum atomic E-state index is -0.334. The second-order valence-corrected chi connectivity index (χ2v) is 9.13. The van der Waals surface area contributed by atoms with E-state index in [1.165, 1.54) is 43.5 Å². The summed E-state index contributed by atoms with van der Waals surface area (Å²) in [5.41, 5.74) is 0.517. The van der Waals surface area contributed by atoms with Crippen LogP contribution < -0.4 is 0 Å². The minimum Gasteiger partial charge on any atom is -0.339 e. The Morgan fingerprint density at radius 3 is 2.00 bits per heavy atom. The summed E-state index contributed by atoms with van der Waals surface area (Å²) < 4.78 is 13.1. The number of benzene rings is 1. The molecule has 1 saturated heterocycles. The van der Waals surface area contributed by atoms with Gasteiger partial charge in [-0.05, 0) is 81.5 Å². The lowest BCUT2D eigenvalue weighted by Gasteiger charge is -2.40. The molecule has 3 aliphatic rings. The zero-order valence-corrected chi connectivity index (χ0v) is 17.5. The normalized spacial score (nSPS) is 25.7. The van der Waals surface area contributed by atoms with Crippen molar-refractivity contribution in [2.24, 2.45) is 11.8 Å². The first-order valence-corrected chi connectivity index (χ1v) is 11.4. The molecule has 5 heteroatoms. The van der Waals surface area contributed by atoms with Gasteiger partial charge in [-0.15, -0.1) is 0 Å². The molecular formula is C24H33FN2O2. The minimum absolute atomic E-state index is 0.0387. The first-order valence-electron chi connectivity index (χ1n) is 11.4. The molecule has 1 aromatic rings. The van der Waals surface area contributed by atoms with E-state index in [0.717, 1.165) is 44.4 Å². The van der Waals surface area contributed by atoms with Gasteiger partial charge in [-0.25, -0.2) is 4.39 Å². The third kappa shape index (κ3) is 4.65. The average Bonchev–Trinajstić information content (AvgIpc) is 3.59. The topological polar surface area (TPSA) is 40.6 Å². The van der Waals surface area contributed by atoms with E-state index in [4.69, 9.17) is 0 Å². The first-order chi connectivity index (χ1) is 14.1. The summed E-state index contributed by atoms with van der Waals surface area (Å²) in [5, 5.41) is 0. The maximum Gasteiger partial charge on any atom is 0.253 e. The van der Waals surface area contributed by atoms with Crippen molar-refractivity contribution in [1.82, 2.24) is 9.80 Å². The lowest BCUT2D eigenvalue weighted by atomic mass is 9.83. The van der Waals surface area contributed by atoms with Crippen LogP contribution in [-0.4, -0.2) is 46.8 Å². The van der Waals surface area contributed by atoms with Gasteiger partial charge in [0.2, 0.25) is 5.91 Å². The molecule has 0 spiro atoms. The van der Waals surface area contributed by atoms with Crippen LogP contribution in [0.2, 0.25) is 0 Å². The Balaban J connectivity index is 1.34. The van der Waals surface area contributed by atoms with E-state index in [1.54, 1.807) is 0 Å². The van der Waals surface area contributed by atoms with Crippen molar-refractivity contribution in [3.8, 4) is 0 Å².